The number of aryl methyl sites for hydroxylation is 1. The summed E-state index contributed by atoms with van der Waals surface area (Å²) in [5.74, 6) is -0.612. The minimum Gasteiger partial charge on any atom is -0.481 e. The predicted molar refractivity (Wildman–Crippen MR) is 84.5 cm³/mol. The van der Waals surface area contributed by atoms with Crippen LogP contribution in [0.1, 0.15) is 25.5 Å². The van der Waals surface area contributed by atoms with Gasteiger partial charge in [-0.3, -0.25) is 9.59 Å². The Morgan fingerprint density at radius 1 is 1.39 bits per heavy atom. The standard InChI is InChI=1S/C16H21N3O4/c1-3-7-18(9-6-15(21)22)14(20)11-23-13-5-4-8-19-10-12(2)17-16(13)19/h4-5,8,10H,3,6-7,9,11H2,1-2H3,(H,21,22). The van der Waals surface area contributed by atoms with E-state index in [4.69, 9.17) is 9.84 Å². The maximum atomic E-state index is 12.2. The zero-order chi connectivity index (χ0) is 16.8. The van der Waals surface area contributed by atoms with E-state index in [0.717, 1.165) is 12.1 Å². The number of carbonyl (C=O) groups is 2. The number of carbonyl (C=O) groups excluding carboxylic acids is 1. The highest BCUT2D eigenvalue weighted by molar-refractivity contribution is 5.78. The molecule has 7 nitrogen and oxygen atoms in total. The van der Waals surface area contributed by atoms with Crippen molar-refractivity contribution in [3.05, 3.63) is 30.2 Å². The van der Waals surface area contributed by atoms with E-state index in [2.05, 4.69) is 4.98 Å². The Labute approximate surface area is 134 Å². The van der Waals surface area contributed by atoms with Crippen LogP contribution in [0.3, 0.4) is 0 Å². The van der Waals surface area contributed by atoms with Gasteiger partial charge in [-0.2, -0.15) is 0 Å². The molecule has 2 aromatic rings. The lowest BCUT2D eigenvalue weighted by molar-refractivity contribution is -0.139. The number of fused-ring (bicyclic) bond motifs is 1. The minimum atomic E-state index is -0.919. The zero-order valence-electron chi connectivity index (χ0n) is 13.4. The number of aromatic nitrogens is 2. The van der Waals surface area contributed by atoms with Crippen LogP contribution in [0.4, 0.5) is 0 Å². The summed E-state index contributed by atoms with van der Waals surface area (Å²) in [5, 5.41) is 8.76. The molecule has 1 N–H and O–H groups in total. The maximum Gasteiger partial charge on any atom is 0.305 e. The summed E-state index contributed by atoms with van der Waals surface area (Å²) >= 11 is 0. The average Bonchev–Trinajstić information content (AvgIpc) is 2.89. The summed E-state index contributed by atoms with van der Waals surface area (Å²) < 4.78 is 7.44. The number of hydrogen-bond donors (Lipinski definition) is 1. The number of ether oxygens (including phenoxy) is 1. The number of carboxylic acid groups (broad SMARTS) is 1. The van der Waals surface area contributed by atoms with Crippen LogP contribution in [0, 0.1) is 6.92 Å². The lowest BCUT2D eigenvalue weighted by Gasteiger charge is -2.21. The summed E-state index contributed by atoms with van der Waals surface area (Å²) in [5.41, 5.74) is 1.52. The largest absolute Gasteiger partial charge is 0.481 e. The molecule has 0 aliphatic rings. The highest BCUT2D eigenvalue weighted by Crippen LogP contribution is 2.18. The first-order chi connectivity index (χ1) is 11.0. The molecule has 124 valence electrons. The third-order valence-electron chi connectivity index (χ3n) is 3.36. The first-order valence-electron chi connectivity index (χ1n) is 7.58. The highest BCUT2D eigenvalue weighted by atomic mass is 16.5. The quantitative estimate of drug-likeness (QED) is 0.801. The number of rotatable bonds is 8. The summed E-state index contributed by atoms with van der Waals surface area (Å²) in [6.45, 7) is 4.40. The summed E-state index contributed by atoms with van der Waals surface area (Å²) in [4.78, 5) is 28.8. The van der Waals surface area contributed by atoms with Crippen LogP contribution in [-0.2, 0) is 9.59 Å². The number of amides is 1. The number of imidazole rings is 1. The monoisotopic (exact) mass is 319 g/mol. The first-order valence-corrected chi connectivity index (χ1v) is 7.58. The van der Waals surface area contributed by atoms with E-state index in [1.165, 1.54) is 4.90 Å². The molecule has 0 unspecified atom stereocenters. The van der Waals surface area contributed by atoms with Gasteiger partial charge in [0.15, 0.2) is 18.0 Å². The number of hydrogen-bond acceptors (Lipinski definition) is 4. The fourth-order valence-corrected chi connectivity index (χ4v) is 2.31. The molecule has 0 aliphatic carbocycles. The topological polar surface area (TPSA) is 84.1 Å². The fraction of sp³-hybridized carbons (Fsp3) is 0.438. The molecule has 0 radical (unpaired) electrons. The molecule has 0 fully saturated rings. The van der Waals surface area contributed by atoms with E-state index in [1.807, 2.05) is 36.7 Å². The minimum absolute atomic E-state index is 0.0687. The molecule has 2 heterocycles. The predicted octanol–water partition coefficient (Wildman–Crippen LogP) is 1.73. The van der Waals surface area contributed by atoms with Crippen LogP contribution in [0.25, 0.3) is 5.65 Å². The summed E-state index contributed by atoms with van der Waals surface area (Å²) in [6.07, 6.45) is 4.43. The molecule has 1 amide bonds. The van der Waals surface area contributed by atoms with Gasteiger partial charge >= 0.3 is 5.97 Å². The highest BCUT2D eigenvalue weighted by Gasteiger charge is 2.15. The molecule has 0 saturated carbocycles. The summed E-state index contributed by atoms with van der Waals surface area (Å²) in [7, 11) is 0. The Kier molecular flexibility index (Phi) is 5.56. The molecule has 23 heavy (non-hydrogen) atoms. The van der Waals surface area contributed by atoms with E-state index in [9.17, 15) is 9.59 Å². The molecule has 2 rings (SSSR count). The molecule has 0 bridgehead atoms. The van der Waals surface area contributed by atoms with Crippen molar-refractivity contribution in [3.8, 4) is 5.75 Å². The van der Waals surface area contributed by atoms with E-state index >= 15 is 0 Å². The Morgan fingerprint density at radius 3 is 2.87 bits per heavy atom. The molecule has 7 heteroatoms. The van der Waals surface area contributed by atoms with Gasteiger partial charge in [0.25, 0.3) is 5.91 Å². The smallest absolute Gasteiger partial charge is 0.305 e. The molecular formula is C16H21N3O4. The van der Waals surface area contributed by atoms with Crippen LogP contribution < -0.4 is 4.74 Å². The van der Waals surface area contributed by atoms with Gasteiger partial charge < -0.3 is 19.1 Å². The van der Waals surface area contributed by atoms with Gasteiger partial charge in [0.1, 0.15) is 0 Å². The number of aliphatic carboxylic acids is 1. The van der Waals surface area contributed by atoms with Crippen LogP contribution in [0.5, 0.6) is 5.75 Å². The number of carboxylic acids is 1. The second-order valence-corrected chi connectivity index (χ2v) is 5.30. The van der Waals surface area contributed by atoms with E-state index in [-0.39, 0.29) is 25.5 Å². The molecule has 0 spiro atoms. The fourth-order valence-electron chi connectivity index (χ4n) is 2.31. The van der Waals surface area contributed by atoms with Crippen molar-refractivity contribution >= 4 is 17.5 Å². The lowest BCUT2D eigenvalue weighted by Crippen LogP contribution is -2.37. The van der Waals surface area contributed by atoms with Crippen molar-refractivity contribution in [2.45, 2.75) is 26.7 Å². The molecular weight excluding hydrogens is 298 g/mol. The zero-order valence-corrected chi connectivity index (χ0v) is 13.4. The SMILES string of the molecule is CCCN(CCC(=O)O)C(=O)COc1cccn2cc(C)nc12. The van der Waals surface area contributed by atoms with Crippen LogP contribution in [-0.4, -0.2) is 51.0 Å². The molecule has 0 atom stereocenters. The van der Waals surface area contributed by atoms with Gasteiger partial charge in [0.2, 0.25) is 0 Å². The average molecular weight is 319 g/mol. The Hall–Kier alpha value is -2.57. The van der Waals surface area contributed by atoms with Gasteiger partial charge in [0.05, 0.1) is 12.1 Å². The second-order valence-electron chi connectivity index (χ2n) is 5.30. The number of nitrogens with zero attached hydrogens (tertiary/aromatic N) is 3. The number of pyridine rings is 1. The van der Waals surface area contributed by atoms with Crippen LogP contribution in [0.2, 0.25) is 0 Å². The van der Waals surface area contributed by atoms with E-state index < -0.39 is 5.97 Å². The van der Waals surface area contributed by atoms with Crippen LogP contribution in [0.15, 0.2) is 24.5 Å². The van der Waals surface area contributed by atoms with Gasteiger partial charge in [0, 0.05) is 25.5 Å². The van der Waals surface area contributed by atoms with Crippen molar-refractivity contribution in [1.29, 1.82) is 0 Å². The lowest BCUT2D eigenvalue weighted by atomic mass is 10.3. The molecule has 0 aromatic carbocycles. The van der Waals surface area contributed by atoms with Crippen molar-refractivity contribution in [2.24, 2.45) is 0 Å². The maximum absolute atomic E-state index is 12.2. The Balaban J connectivity index is 2.02. The first kappa shape index (κ1) is 16.8. The third kappa shape index (κ3) is 4.45. The van der Waals surface area contributed by atoms with Gasteiger partial charge in [-0.15, -0.1) is 0 Å². The Bertz CT molecular complexity index is 696. The molecule has 0 aliphatic heterocycles. The second kappa shape index (κ2) is 7.62. The normalized spacial score (nSPS) is 10.7. The van der Waals surface area contributed by atoms with Crippen molar-refractivity contribution in [2.75, 3.05) is 19.7 Å². The molecule has 2 aromatic heterocycles. The van der Waals surface area contributed by atoms with E-state index in [0.29, 0.717) is 17.9 Å². The Morgan fingerprint density at radius 2 is 2.17 bits per heavy atom. The molecule has 0 saturated heterocycles. The van der Waals surface area contributed by atoms with Gasteiger partial charge in [-0.05, 0) is 25.5 Å². The van der Waals surface area contributed by atoms with E-state index in [1.54, 1.807) is 6.07 Å². The van der Waals surface area contributed by atoms with Crippen LogP contribution >= 0.6 is 0 Å². The van der Waals surface area contributed by atoms with Crippen molar-refractivity contribution in [3.63, 3.8) is 0 Å². The third-order valence-corrected chi connectivity index (χ3v) is 3.36. The van der Waals surface area contributed by atoms with Crippen molar-refractivity contribution < 1.29 is 19.4 Å². The summed E-state index contributed by atoms with van der Waals surface area (Å²) in [6, 6.07) is 3.58. The van der Waals surface area contributed by atoms with Gasteiger partial charge in [-0.1, -0.05) is 6.92 Å². The van der Waals surface area contributed by atoms with Gasteiger partial charge in [-0.25, -0.2) is 4.98 Å². The van der Waals surface area contributed by atoms with Crippen molar-refractivity contribution in [1.82, 2.24) is 14.3 Å².